The Balaban J connectivity index is 2.38. The molecule has 1 atom stereocenters. The van der Waals surface area contributed by atoms with Gasteiger partial charge in [0.05, 0.1) is 5.60 Å². The molecule has 0 amide bonds. The first kappa shape index (κ1) is 14.9. The van der Waals surface area contributed by atoms with Crippen LogP contribution in [-0.2, 0) is 0 Å². The maximum Gasteiger partial charge on any atom is 0.0768 e. The number of likely N-dealkylation sites (tertiary alicyclic amines) is 1. The SMILES string of the molecule is CCCNC1CCCN(CC(O)(CC)CC)C1. The normalized spacial score (nSPS) is 22.9. The largest absolute Gasteiger partial charge is 0.389 e. The zero-order valence-electron chi connectivity index (χ0n) is 11.8. The average Bonchev–Trinajstić information content (AvgIpc) is 2.36. The third kappa shape index (κ3) is 4.94. The van der Waals surface area contributed by atoms with Crippen LogP contribution in [0.4, 0.5) is 0 Å². The van der Waals surface area contributed by atoms with E-state index in [1.165, 1.54) is 19.3 Å². The topological polar surface area (TPSA) is 35.5 Å². The van der Waals surface area contributed by atoms with Crippen molar-refractivity contribution in [1.29, 1.82) is 0 Å². The van der Waals surface area contributed by atoms with Crippen LogP contribution in [0.5, 0.6) is 0 Å². The van der Waals surface area contributed by atoms with Crippen molar-refractivity contribution < 1.29 is 5.11 Å². The quantitative estimate of drug-likeness (QED) is 0.717. The van der Waals surface area contributed by atoms with Crippen molar-refractivity contribution in [3.05, 3.63) is 0 Å². The molecule has 0 aliphatic carbocycles. The van der Waals surface area contributed by atoms with E-state index in [0.717, 1.165) is 39.0 Å². The van der Waals surface area contributed by atoms with Crippen LogP contribution in [0.3, 0.4) is 0 Å². The number of nitrogens with zero attached hydrogens (tertiary/aromatic N) is 1. The van der Waals surface area contributed by atoms with Crippen LogP contribution in [0, 0.1) is 0 Å². The van der Waals surface area contributed by atoms with E-state index in [1.54, 1.807) is 0 Å². The summed E-state index contributed by atoms with van der Waals surface area (Å²) in [6.07, 6.45) is 5.45. The monoisotopic (exact) mass is 242 g/mol. The molecule has 1 unspecified atom stereocenters. The van der Waals surface area contributed by atoms with Crippen LogP contribution in [0.25, 0.3) is 0 Å². The Labute approximate surface area is 107 Å². The van der Waals surface area contributed by atoms with E-state index in [0.29, 0.717) is 6.04 Å². The molecule has 0 radical (unpaired) electrons. The summed E-state index contributed by atoms with van der Waals surface area (Å²) in [4.78, 5) is 2.43. The van der Waals surface area contributed by atoms with E-state index < -0.39 is 5.60 Å². The van der Waals surface area contributed by atoms with Gasteiger partial charge in [-0.1, -0.05) is 20.8 Å². The molecule has 1 rings (SSSR count). The Morgan fingerprint density at radius 1 is 1.29 bits per heavy atom. The molecule has 2 N–H and O–H groups in total. The van der Waals surface area contributed by atoms with Crippen LogP contribution >= 0.6 is 0 Å². The lowest BCUT2D eigenvalue weighted by molar-refractivity contribution is -0.0109. The summed E-state index contributed by atoms with van der Waals surface area (Å²) in [6.45, 7) is 10.6. The molecule has 17 heavy (non-hydrogen) atoms. The molecule has 0 aromatic heterocycles. The van der Waals surface area contributed by atoms with E-state index in [4.69, 9.17) is 0 Å². The summed E-state index contributed by atoms with van der Waals surface area (Å²) in [5.41, 5.74) is -0.480. The van der Waals surface area contributed by atoms with Crippen LogP contribution in [-0.4, -0.2) is 47.8 Å². The molecule has 1 heterocycles. The summed E-state index contributed by atoms with van der Waals surface area (Å²) in [6, 6.07) is 0.627. The summed E-state index contributed by atoms with van der Waals surface area (Å²) >= 11 is 0. The highest BCUT2D eigenvalue weighted by atomic mass is 16.3. The van der Waals surface area contributed by atoms with Crippen molar-refractivity contribution in [2.24, 2.45) is 0 Å². The summed E-state index contributed by atoms with van der Waals surface area (Å²) in [5.74, 6) is 0. The van der Waals surface area contributed by atoms with Crippen LogP contribution < -0.4 is 5.32 Å². The smallest absolute Gasteiger partial charge is 0.0768 e. The number of β-amino-alcohol motifs (C(OH)–C–C–N with tert-alkyl or cyclic N) is 1. The molecule has 1 fully saturated rings. The highest BCUT2D eigenvalue weighted by Gasteiger charge is 2.28. The molecule has 3 heteroatoms. The number of hydrogen-bond acceptors (Lipinski definition) is 3. The van der Waals surface area contributed by atoms with E-state index in [-0.39, 0.29) is 0 Å². The first-order valence-corrected chi connectivity index (χ1v) is 7.31. The van der Waals surface area contributed by atoms with Gasteiger partial charge in [0.2, 0.25) is 0 Å². The lowest BCUT2D eigenvalue weighted by atomic mass is 9.95. The van der Waals surface area contributed by atoms with Crippen molar-refractivity contribution >= 4 is 0 Å². The molecule has 0 spiro atoms. The van der Waals surface area contributed by atoms with E-state index in [9.17, 15) is 5.11 Å². The molecule has 3 nitrogen and oxygen atoms in total. The van der Waals surface area contributed by atoms with Crippen LogP contribution in [0.1, 0.15) is 52.9 Å². The Morgan fingerprint density at radius 3 is 2.59 bits per heavy atom. The molecular weight excluding hydrogens is 212 g/mol. The number of rotatable bonds is 7. The number of hydrogen-bond donors (Lipinski definition) is 2. The Kier molecular flexibility index (Phi) is 6.45. The second kappa shape index (κ2) is 7.34. The van der Waals surface area contributed by atoms with Crippen molar-refractivity contribution in [3.8, 4) is 0 Å². The van der Waals surface area contributed by atoms with Gasteiger partial charge in [-0.25, -0.2) is 0 Å². The van der Waals surface area contributed by atoms with Crippen molar-refractivity contribution in [1.82, 2.24) is 10.2 Å². The number of aliphatic hydroxyl groups is 1. The Morgan fingerprint density at radius 2 is 2.00 bits per heavy atom. The Bertz CT molecular complexity index is 204. The van der Waals surface area contributed by atoms with E-state index in [1.807, 2.05) is 0 Å². The first-order chi connectivity index (χ1) is 8.13. The molecule has 0 aromatic carbocycles. The fourth-order valence-electron chi connectivity index (χ4n) is 2.60. The lowest BCUT2D eigenvalue weighted by Crippen LogP contribution is -2.51. The van der Waals surface area contributed by atoms with Gasteiger partial charge in [0.15, 0.2) is 0 Å². The highest BCUT2D eigenvalue weighted by Crippen LogP contribution is 2.19. The maximum absolute atomic E-state index is 10.4. The molecule has 1 aliphatic heterocycles. The van der Waals surface area contributed by atoms with Gasteiger partial charge in [0, 0.05) is 19.1 Å². The average molecular weight is 242 g/mol. The summed E-state index contributed by atoms with van der Waals surface area (Å²) < 4.78 is 0. The minimum atomic E-state index is -0.480. The standard InChI is InChI=1S/C14H30N2O/c1-4-9-15-13-8-7-10-16(11-13)12-14(17,5-2)6-3/h13,15,17H,4-12H2,1-3H3. The minimum Gasteiger partial charge on any atom is -0.389 e. The minimum absolute atomic E-state index is 0.480. The van der Waals surface area contributed by atoms with Gasteiger partial charge in [-0.2, -0.15) is 0 Å². The second-order valence-corrected chi connectivity index (χ2v) is 5.46. The predicted molar refractivity (Wildman–Crippen MR) is 73.3 cm³/mol. The summed E-state index contributed by atoms with van der Waals surface area (Å²) in [5, 5.41) is 14.0. The number of nitrogens with one attached hydrogen (secondary N) is 1. The fraction of sp³-hybridized carbons (Fsp3) is 1.00. The van der Waals surface area contributed by atoms with E-state index in [2.05, 4.69) is 31.0 Å². The van der Waals surface area contributed by atoms with Gasteiger partial charge >= 0.3 is 0 Å². The second-order valence-electron chi connectivity index (χ2n) is 5.46. The van der Waals surface area contributed by atoms with Gasteiger partial charge in [0.25, 0.3) is 0 Å². The van der Waals surface area contributed by atoms with Crippen molar-refractivity contribution in [2.75, 3.05) is 26.2 Å². The van der Waals surface area contributed by atoms with Gasteiger partial charge in [0.1, 0.15) is 0 Å². The van der Waals surface area contributed by atoms with Crippen molar-refractivity contribution in [2.45, 2.75) is 64.5 Å². The van der Waals surface area contributed by atoms with Gasteiger partial charge in [-0.3, -0.25) is 4.90 Å². The molecule has 0 aromatic rings. The molecule has 0 bridgehead atoms. The van der Waals surface area contributed by atoms with Crippen LogP contribution in [0.2, 0.25) is 0 Å². The zero-order valence-corrected chi connectivity index (χ0v) is 11.8. The molecule has 1 saturated heterocycles. The zero-order chi connectivity index (χ0) is 12.7. The van der Waals surface area contributed by atoms with Gasteiger partial charge in [-0.15, -0.1) is 0 Å². The van der Waals surface area contributed by atoms with Crippen LogP contribution in [0.15, 0.2) is 0 Å². The third-order valence-corrected chi connectivity index (χ3v) is 4.02. The molecule has 0 saturated carbocycles. The highest BCUT2D eigenvalue weighted by molar-refractivity contribution is 4.85. The third-order valence-electron chi connectivity index (χ3n) is 4.02. The fourth-order valence-corrected chi connectivity index (χ4v) is 2.60. The lowest BCUT2D eigenvalue weighted by Gasteiger charge is -2.38. The van der Waals surface area contributed by atoms with E-state index >= 15 is 0 Å². The molecule has 102 valence electrons. The van der Waals surface area contributed by atoms with Gasteiger partial charge in [-0.05, 0) is 45.2 Å². The summed E-state index contributed by atoms with van der Waals surface area (Å²) in [7, 11) is 0. The molecule has 1 aliphatic rings. The Hall–Kier alpha value is -0.120. The first-order valence-electron chi connectivity index (χ1n) is 7.31. The number of piperidine rings is 1. The van der Waals surface area contributed by atoms with Crippen molar-refractivity contribution in [3.63, 3.8) is 0 Å². The molecular formula is C14H30N2O. The predicted octanol–water partition coefficient (Wildman–Crippen LogP) is 2.00. The van der Waals surface area contributed by atoms with Gasteiger partial charge < -0.3 is 10.4 Å². The maximum atomic E-state index is 10.4.